The number of urea groups is 1. The lowest BCUT2D eigenvalue weighted by atomic mass is 10.2. The zero-order valence-electron chi connectivity index (χ0n) is 16.2. The van der Waals surface area contributed by atoms with Gasteiger partial charge in [0, 0.05) is 45.8 Å². The van der Waals surface area contributed by atoms with Crippen molar-refractivity contribution in [1.82, 2.24) is 15.5 Å². The van der Waals surface area contributed by atoms with Crippen molar-refractivity contribution >= 4 is 11.7 Å². The highest BCUT2D eigenvalue weighted by Gasteiger charge is 2.19. The minimum Gasteiger partial charge on any atom is -0.495 e. The van der Waals surface area contributed by atoms with Gasteiger partial charge in [-0.3, -0.25) is 4.90 Å². The minimum absolute atomic E-state index is 0.211. The molecule has 1 fully saturated rings. The Morgan fingerprint density at radius 3 is 2.46 bits per heavy atom. The van der Waals surface area contributed by atoms with Crippen LogP contribution in [0.3, 0.4) is 0 Å². The molecule has 3 rings (SSSR count). The molecule has 0 spiro atoms. The smallest absolute Gasteiger partial charge is 0.315 e. The van der Waals surface area contributed by atoms with E-state index in [-0.39, 0.29) is 11.8 Å². The molecule has 1 heterocycles. The molecule has 7 heteroatoms. The third-order valence-electron chi connectivity index (χ3n) is 4.88. The molecule has 2 amide bonds. The molecular weight excluding hydrogens is 359 g/mol. The van der Waals surface area contributed by atoms with Crippen LogP contribution in [-0.4, -0.2) is 57.3 Å². The van der Waals surface area contributed by atoms with E-state index in [0.29, 0.717) is 13.1 Å². The van der Waals surface area contributed by atoms with Crippen molar-refractivity contribution in [3.8, 4) is 5.75 Å². The zero-order valence-corrected chi connectivity index (χ0v) is 16.2. The van der Waals surface area contributed by atoms with E-state index in [4.69, 9.17) is 4.74 Å². The Morgan fingerprint density at radius 2 is 1.75 bits per heavy atom. The van der Waals surface area contributed by atoms with Crippen molar-refractivity contribution in [3.05, 3.63) is 59.9 Å². The molecule has 0 radical (unpaired) electrons. The number of para-hydroxylation sites is 2. The van der Waals surface area contributed by atoms with Crippen molar-refractivity contribution in [1.29, 1.82) is 0 Å². The number of hydrogen-bond donors (Lipinski definition) is 2. The summed E-state index contributed by atoms with van der Waals surface area (Å²) in [4.78, 5) is 16.6. The maximum Gasteiger partial charge on any atom is 0.315 e. The maximum absolute atomic E-state index is 12.9. The second kappa shape index (κ2) is 9.94. The van der Waals surface area contributed by atoms with E-state index >= 15 is 0 Å². The summed E-state index contributed by atoms with van der Waals surface area (Å²) in [6.07, 6.45) is 0. The van der Waals surface area contributed by atoms with E-state index in [9.17, 15) is 9.18 Å². The average molecular weight is 386 g/mol. The predicted octanol–water partition coefficient (Wildman–Crippen LogP) is 2.46. The minimum atomic E-state index is -0.279. The van der Waals surface area contributed by atoms with E-state index in [2.05, 4.69) is 26.5 Å². The standard InChI is InChI=1S/C21H27FN4O2/c1-28-20-5-3-2-4-19(20)26-14-12-25(13-15-26)11-10-23-21(27)24-16-17-6-8-18(22)9-7-17/h2-9H,10-16H2,1H3,(H2,23,24,27). The van der Waals surface area contributed by atoms with Gasteiger partial charge in [-0.15, -0.1) is 0 Å². The van der Waals surface area contributed by atoms with Gasteiger partial charge in [0.2, 0.25) is 0 Å². The fraction of sp³-hybridized carbons (Fsp3) is 0.381. The molecule has 1 aliphatic rings. The third-order valence-corrected chi connectivity index (χ3v) is 4.88. The van der Waals surface area contributed by atoms with Crippen LogP contribution in [0.25, 0.3) is 0 Å². The summed E-state index contributed by atoms with van der Waals surface area (Å²) in [6.45, 7) is 5.51. The Bertz CT molecular complexity index is 761. The molecule has 0 aromatic heterocycles. The summed E-state index contributed by atoms with van der Waals surface area (Å²) in [5, 5.41) is 5.66. The fourth-order valence-electron chi connectivity index (χ4n) is 3.28. The highest BCUT2D eigenvalue weighted by atomic mass is 19.1. The summed E-state index contributed by atoms with van der Waals surface area (Å²) in [7, 11) is 1.70. The van der Waals surface area contributed by atoms with Crippen molar-refractivity contribution in [2.45, 2.75) is 6.54 Å². The van der Waals surface area contributed by atoms with Gasteiger partial charge in [0.05, 0.1) is 12.8 Å². The predicted molar refractivity (Wildman–Crippen MR) is 108 cm³/mol. The molecule has 2 aromatic rings. The summed E-state index contributed by atoms with van der Waals surface area (Å²) >= 11 is 0. The molecule has 0 atom stereocenters. The lowest BCUT2D eigenvalue weighted by Gasteiger charge is -2.36. The number of nitrogens with zero attached hydrogens (tertiary/aromatic N) is 2. The summed E-state index contributed by atoms with van der Waals surface area (Å²) in [6, 6.07) is 14.0. The lowest BCUT2D eigenvalue weighted by molar-refractivity contribution is 0.231. The Kier molecular flexibility index (Phi) is 7.08. The number of methoxy groups -OCH3 is 1. The quantitative estimate of drug-likeness (QED) is 0.768. The molecule has 0 aliphatic carbocycles. The van der Waals surface area contributed by atoms with Crippen LogP contribution in [0.1, 0.15) is 5.56 Å². The number of halogens is 1. The van der Waals surface area contributed by atoms with Gasteiger partial charge in [0.1, 0.15) is 11.6 Å². The van der Waals surface area contributed by atoms with E-state index in [0.717, 1.165) is 49.7 Å². The number of carbonyl (C=O) groups excluding carboxylic acids is 1. The highest BCUT2D eigenvalue weighted by Crippen LogP contribution is 2.28. The van der Waals surface area contributed by atoms with E-state index in [1.807, 2.05) is 18.2 Å². The van der Waals surface area contributed by atoms with E-state index < -0.39 is 0 Å². The first kappa shape index (κ1) is 19.9. The van der Waals surface area contributed by atoms with Crippen molar-refractivity contribution < 1.29 is 13.9 Å². The number of ether oxygens (including phenoxy) is 1. The Balaban J connectivity index is 1.34. The molecule has 0 bridgehead atoms. The van der Waals surface area contributed by atoms with Gasteiger partial charge < -0.3 is 20.3 Å². The largest absolute Gasteiger partial charge is 0.495 e. The lowest BCUT2D eigenvalue weighted by Crippen LogP contribution is -2.49. The Labute approximate surface area is 165 Å². The van der Waals surface area contributed by atoms with Crippen LogP contribution in [-0.2, 0) is 6.54 Å². The van der Waals surface area contributed by atoms with Gasteiger partial charge in [-0.1, -0.05) is 24.3 Å². The third kappa shape index (κ3) is 5.60. The number of rotatable bonds is 7. The maximum atomic E-state index is 12.9. The number of piperazine rings is 1. The number of anilines is 1. The monoisotopic (exact) mass is 386 g/mol. The molecular formula is C21H27FN4O2. The van der Waals surface area contributed by atoms with Crippen LogP contribution in [0.15, 0.2) is 48.5 Å². The van der Waals surface area contributed by atoms with Gasteiger partial charge >= 0.3 is 6.03 Å². The van der Waals surface area contributed by atoms with Gasteiger partial charge in [0.15, 0.2) is 0 Å². The molecule has 150 valence electrons. The first-order valence-corrected chi connectivity index (χ1v) is 9.52. The number of nitrogens with one attached hydrogen (secondary N) is 2. The van der Waals surface area contributed by atoms with Crippen LogP contribution in [0.4, 0.5) is 14.9 Å². The molecule has 2 aromatic carbocycles. The van der Waals surface area contributed by atoms with Gasteiger partial charge in [-0.25, -0.2) is 9.18 Å². The number of benzene rings is 2. The van der Waals surface area contributed by atoms with Crippen LogP contribution in [0.5, 0.6) is 5.75 Å². The van der Waals surface area contributed by atoms with Crippen molar-refractivity contribution in [3.63, 3.8) is 0 Å². The SMILES string of the molecule is COc1ccccc1N1CCN(CCNC(=O)NCc2ccc(F)cc2)CC1. The van der Waals surface area contributed by atoms with Crippen molar-refractivity contribution in [2.75, 3.05) is 51.3 Å². The summed E-state index contributed by atoms with van der Waals surface area (Å²) < 4.78 is 18.3. The molecule has 1 aliphatic heterocycles. The number of hydrogen-bond acceptors (Lipinski definition) is 4. The second-order valence-corrected chi connectivity index (χ2v) is 6.74. The molecule has 2 N–H and O–H groups in total. The van der Waals surface area contributed by atoms with Crippen molar-refractivity contribution in [2.24, 2.45) is 0 Å². The zero-order chi connectivity index (χ0) is 19.8. The first-order valence-electron chi connectivity index (χ1n) is 9.52. The van der Waals surface area contributed by atoms with E-state index in [1.54, 1.807) is 19.2 Å². The fourth-order valence-corrected chi connectivity index (χ4v) is 3.28. The highest BCUT2D eigenvalue weighted by molar-refractivity contribution is 5.73. The Morgan fingerprint density at radius 1 is 1.04 bits per heavy atom. The van der Waals surface area contributed by atoms with Crippen LogP contribution < -0.4 is 20.3 Å². The van der Waals surface area contributed by atoms with Crippen LogP contribution in [0, 0.1) is 5.82 Å². The van der Waals surface area contributed by atoms with E-state index in [1.165, 1.54) is 12.1 Å². The molecule has 0 saturated carbocycles. The summed E-state index contributed by atoms with van der Waals surface area (Å²) in [5.74, 6) is 0.620. The number of amides is 2. The van der Waals surface area contributed by atoms with Gasteiger partial charge in [-0.05, 0) is 29.8 Å². The molecule has 6 nitrogen and oxygen atoms in total. The average Bonchev–Trinajstić information content (AvgIpc) is 2.74. The van der Waals surface area contributed by atoms with Gasteiger partial charge in [-0.2, -0.15) is 0 Å². The second-order valence-electron chi connectivity index (χ2n) is 6.74. The van der Waals surface area contributed by atoms with Crippen LogP contribution >= 0.6 is 0 Å². The molecule has 28 heavy (non-hydrogen) atoms. The van der Waals surface area contributed by atoms with Crippen LogP contribution in [0.2, 0.25) is 0 Å². The molecule has 1 saturated heterocycles. The normalized spacial score (nSPS) is 14.6. The molecule has 0 unspecified atom stereocenters. The topological polar surface area (TPSA) is 56.8 Å². The number of carbonyl (C=O) groups is 1. The summed E-state index contributed by atoms with van der Waals surface area (Å²) in [5.41, 5.74) is 1.99. The van der Waals surface area contributed by atoms with Gasteiger partial charge in [0.25, 0.3) is 0 Å². The first-order chi connectivity index (χ1) is 13.7. The Hall–Kier alpha value is -2.80.